The van der Waals surface area contributed by atoms with Crippen LogP contribution in [0.3, 0.4) is 0 Å². The third-order valence-electron chi connectivity index (χ3n) is 3.47. The van der Waals surface area contributed by atoms with E-state index in [0.717, 1.165) is 5.69 Å². The number of benzene rings is 1. The topological polar surface area (TPSA) is 113 Å². The predicted molar refractivity (Wildman–Crippen MR) is 93.1 cm³/mol. The van der Waals surface area contributed by atoms with Crippen LogP contribution in [0, 0.1) is 0 Å². The Labute approximate surface area is 141 Å². The number of hydrogen-bond acceptors (Lipinski definition) is 4. The Morgan fingerprint density at radius 3 is 2.54 bits per heavy atom. The third kappa shape index (κ3) is 4.20. The van der Waals surface area contributed by atoms with Gasteiger partial charge in [-0.15, -0.1) is 0 Å². The highest BCUT2D eigenvalue weighted by molar-refractivity contribution is 6.08. The predicted octanol–water partition coefficient (Wildman–Crippen LogP) is 1.65. The first-order chi connectivity index (χ1) is 11.3. The first-order valence-corrected chi connectivity index (χ1v) is 7.77. The summed E-state index contributed by atoms with van der Waals surface area (Å²) in [6.07, 6.45) is 0. The molecule has 0 aliphatic rings. The Morgan fingerprint density at radius 1 is 1.21 bits per heavy atom. The highest BCUT2D eigenvalue weighted by atomic mass is 16.2. The molecule has 1 aromatic carbocycles. The smallest absolute Gasteiger partial charge is 0.276 e. The number of carbonyl (C=O) groups excluding carboxylic acids is 2. The van der Waals surface area contributed by atoms with E-state index in [0.29, 0.717) is 24.3 Å². The van der Waals surface area contributed by atoms with Crippen molar-refractivity contribution >= 4 is 17.5 Å². The Hall–Kier alpha value is -2.67. The molecule has 0 spiro atoms. The van der Waals surface area contributed by atoms with Gasteiger partial charge in [-0.05, 0) is 18.2 Å². The summed E-state index contributed by atoms with van der Waals surface area (Å²) in [5.74, 6) is -0.658. The SMILES string of the molecule is CC(C)(C)c1cc(C(=O)Nc2ccccc2C(=O)NCCN)n[nH]1. The fourth-order valence-corrected chi connectivity index (χ4v) is 2.08. The lowest BCUT2D eigenvalue weighted by molar-refractivity contribution is 0.0955. The maximum absolute atomic E-state index is 12.4. The molecular weight excluding hydrogens is 306 g/mol. The Bertz CT molecular complexity index is 731. The summed E-state index contributed by atoms with van der Waals surface area (Å²) >= 11 is 0. The van der Waals surface area contributed by atoms with Crippen molar-refractivity contribution in [2.75, 3.05) is 18.4 Å². The van der Waals surface area contributed by atoms with Gasteiger partial charge in [0.25, 0.3) is 11.8 Å². The molecule has 1 aromatic heterocycles. The number of nitrogens with zero attached hydrogens (tertiary/aromatic N) is 1. The fraction of sp³-hybridized carbons (Fsp3) is 0.353. The summed E-state index contributed by atoms with van der Waals surface area (Å²) < 4.78 is 0. The van der Waals surface area contributed by atoms with Gasteiger partial charge < -0.3 is 16.4 Å². The number of carbonyl (C=O) groups is 2. The summed E-state index contributed by atoms with van der Waals surface area (Å²) in [4.78, 5) is 24.5. The first-order valence-electron chi connectivity index (χ1n) is 7.77. The highest BCUT2D eigenvalue weighted by Gasteiger charge is 2.20. The number of aromatic amines is 1. The van der Waals surface area contributed by atoms with Crippen LogP contribution in [0.25, 0.3) is 0 Å². The number of amides is 2. The molecule has 0 saturated heterocycles. The van der Waals surface area contributed by atoms with Crippen molar-refractivity contribution in [2.45, 2.75) is 26.2 Å². The number of hydrogen-bond donors (Lipinski definition) is 4. The standard InChI is InChI=1S/C17H23N5O2/c1-17(2,3)14-10-13(21-22-14)16(24)20-12-7-5-4-6-11(12)15(23)19-9-8-18/h4-7,10H,8-9,18H2,1-3H3,(H,19,23)(H,20,24)(H,21,22). The molecule has 1 heterocycles. The van der Waals surface area contributed by atoms with Crippen LogP contribution in [0.15, 0.2) is 30.3 Å². The summed E-state index contributed by atoms with van der Waals surface area (Å²) in [6, 6.07) is 8.52. The lowest BCUT2D eigenvalue weighted by Gasteiger charge is -2.14. The second-order valence-electron chi connectivity index (χ2n) is 6.46. The lowest BCUT2D eigenvalue weighted by atomic mass is 9.92. The van der Waals surface area contributed by atoms with E-state index in [2.05, 4.69) is 20.8 Å². The van der Waals surface area contributed by atoms with Gasteiger partial charge in [0.05, 0.1) is 11.3 Å². The van der Waals surface area contributed by atoms with Gasteiger partial charge >= 0.3 is 0 Å². The van der Waals surface area contributed by atoms with Gasteiger partial charge in [0.1, 0.15) is 0 Å². The van der Waals surface area contributed by atoms with Crippen molar-refractivity contribution in [1.29, 1.82) is 0 Å². The minimum absolute atomic E-state index is 0.133. The van der Waals surface area contributed by atoms with E-state index in [4.69, 9.17) is 5.73 Å². The van der Waals surface area contributed by atoms with Crippen molar-refractivity contribution in [3.63, 3.8) is 0 Å². The van der Waals surface area contributed by atoms with Crippen molar-refractivity contribution in [3.05, 3.63) is 47.3 Å². The molecule has 0 saturated carbocycles. The van der Waals surface area contributed by atoms with Crippen molar-refractivity contribution in [1.82, 2.24) is 15.5 Å². The summed E-state index contributed by atoms with van der Waals surface area (Å²) in [5.41, 5.74) is 7.20. The number of anilines is 1. The minimum atomic E-state index is -0.374. The van der Waals surface area contributed by atoms with Crippen molar-refractivity contribution in [2.24, 2.45) is 5.73 Å². The van der Waals surface area contributed by atoms with Crippen LogP contribution in [-0.4, -0.2) is 35.1 Å². The molecule has 5 N–H and O–H groups in total. The normalized spacial score (nSPS) is 11.2. The monoisotopic (exact) mass is 329 g/mol. The van der Waals surface area contributed by atoms with Crippen molar-refractivity contribution < 1.29 is 9.59 Å². The zero-order valence-corrected chi connectivity index (χ0v) is 14.1. The fourth-order valence-electron chi connectivity index (χ4n) is 2.08. The van der Waals surface area contributed by atoms with Gasteiger partial charge in [0.15, 0.2) is 5.69 Å². The minimum Gasteiger partial charge on any atom is -0.351 e. The summed E-state index contributed by atoms with van der Waals surface area (Å²) in [5, 5.41) is 12.3. The van der Waals surface area contributed by atoms with Crippen LogP contribution in [0.2, 0.25) is 0 Å². The molecule has 24 heavy (non-hydrogen) atoms. The van der Waals surface area contributed by atoms with Gasteiger partial charge in [-0.1, -0.05) is 32.9 Å². The molecule has 7 heteroatoms. The number of aromatic nitrogens is 2. The molecule has 2 rings (SSSR count). The Kier molecular flexibility index (Phi) is 5.35. The molecule has 0 fully saturated rings. The van der Waals surface area contributed by atoms with Gasteiger partial charge in [-0.3, -0.25) is 14.7 Å². The summed E-state index contributed by atoms with van der Waals surface area (Å²) in [7, 11) is 0. The summed E-state index contributed by atoms with van der Waals surface area (Å²) in [6.45, 7) is 6.80. The number of nitrogens with one attached hydrogen (secondary N) is 3. The molecule has 128 valence electrons. The molecule has 0 aliphatic carbocycles. The van der Waals surface area contributed by atoms with Gasteiger partial charge in [0.2, 0.25) is 0 Å². The van der Waals surface area contributed by atoms with Gasteiger partial charge in [-0.25, -0.2) is 0 Å². The molecule has 0 atom stereocenters. The van der Waals surface area contributed by atoms with Crippen LogP contribution in [-0.2, 0) is 5.41 Å². The zero-order chi connectivity index (χ0) is 17.7. The molecular formula is C17H23N5O2. The average Bonchev–Trinajstić information content (AvgIpc) is 3.03. The van der Waals surface area contributed by atoms with Gasteiger partial charge in [0, 0.05) is 24.2 Å². The second-order valence-corrected chi connectivity index (χ2v) is 6.46. The number of nitrogens with two attached hydrogens (primary N) is 1. The largest absolute Gasteiger partial charge is 0.351 e. The van der Waals surface area contributed by atoms with Crippen LogP contribution >= 0.6 is 0 Å². The molecule has 0 bridgehead atoms. The van der Waals surface area contributed by atoms with E-state index in [1.807, 2.05) is 20.8 Å². The van der Waals surface area contributed by atoms with E-state index in [1.165, 1.54) is 0 Å². The Balaban J connectivity index is 2.17. The number of H-pyrrole nitrogens is 1. The molecule has 0 aliphatic heterocycles. The zero-order valence-electron chi connectivity index (χ0n) is 14.1. The van der Waals surface area contributed by atoms with E-state index < -0.39 is 0 Å². The first kappa shape index (κ1) is 17.7. The molecule has 0 radical (unpaired) electrons. The average molecular weight is 329 g/mol. The maximum atomic E-state index is 12.4. The van der Waals surface area contributed by atoms with Crippen LogP contribution in [0.1, 0.15) is 47.3 Å². The molecule has 2 aromatic rings. The van der Waals surface area contributed by atoms with E-state index in [1.54, 1.807) is 30.3 Å². The van der Waals surface area contributed by atoms with E-state index in [9.17, 15) is 9.59 Å². The van der Waals surface area contributed by atoms with Crippen LogP contribution in [0.4, 0.5) is 5.69 Å². The lowest BCUT2D eigenvalue weighted by Crippen LogP contribution is -2.30. The van der Waals surface area contributed by atoms with Crippen LogP contribution in [0.5, 0.6) is 0 Å². The van der Waals surface area contributed by atoms with Crippen molar-refractivity contribution in [3.8, 4) is 0 Å². The molecule has 0 unspecified atom stereocenters. The third-order valence-corrected chi connectivity index (χ3v) is 3.47. The van der Waals surface area contributed by atoms with E-state index >= 15 is 0 Å². The molecule has 7 nitrogen and oxygen atoms in total. The highest BCUT2D eigenvalue weighted by Crippen LogP contribution is 2.21. The number of para-hydroxylation sites is 1. The van der Waals surface area contributed by atoms with Crippen LogP contribution < -0.4 is 16.4 Å². The number of rotatable bonds is 5. The maximum Gasteiger partial charge on any atom is 0.276 e. The Morgan fingerprint density at radius 2 is 1.92 bits per heavy atom. The van der Waals surface area contributed by atoms with Gasteiger partial charge in [-0.2, -0.15) is 5.10 Å². The second kappa shape index (κ2) is 7.27. The molecule has 2 amide bonds. The quantitative estimate of drug-likeness (QED) is 0.668. The van der Waals surface area contributed by atoms with E-state index in [-0.39, 0.29) is 22.9 Å².